The van der Waals surface area contributed by atoms with Gasteiger partial charge in [-0.3, -0.25) is 0 Å². The van der Waals surface area contributed by atoms with Crippen LogP contribution in [0.1, 0.15) is 16.7 Å². The number of anilines is 3. The predicted molar refractivity (Wildman–Crippen MR) is 82.5 cm³/mol. The van der Waals surface area contributed by atoms with E-state index in [1.54, 1.807) is 0 Å². The second kappa shape index (κ2) is 5.02. The Bertz CT molecular complexity index is 568. The van der Waals surface area contributed by atoms with Crippen LogP contribution in [0, 0.1) is 20.8 Å². The number of hydrogen-bond donors (Lipinski definition) is 2. The van der Waals surface area contributed by atoms with Gasteiger partial charge in [-0.1, -0.05) is 28.1 Å². The summed E-state index contributed by atoms with van der Waals surface area (Å²) in [6, 6.07) is 10.2. The second-order valence-corrected chi connectivity index (χ2v) is 5.38. The first-order valence-corrected chi connectivity index (χ1v) is 6.67. The fraction of sp³-hybridized carbons (Fsp3) is 0.200. The van der Waals surface area contributed by atoms with Crippen LogP contribution < -0.4 is 11.1 Å². The Balaban J connectivity index is 2.37. The number of nitrogen functional groups attached to an aromatic ring is 1. The van der Waals surface area contributed by atoms with Crippen molar-refractivity contribution in [1.82, 2.24) is 0 Å². The first kappa shape index (κ1) is 13.0. The summed E-state index contributed by atoms with van der Waals surface area (Å²) in [5.41, 5.74) is 12.4. The lowest BCUT2D eigenvalue weighted by molar-refractivity contribution is 1.33. The molecule has 0 aromatic heterocycles. The van der Waals surface area contributed by atoms with Gasteiger partial charge in [-0.05, 0) is 55.7 Å². The Kier molecular flexibility index (Phi) is 3.62. The van der Waals surface area contributed by atoms with E-state index in [1.807, 2.05) is 25.1 Å². The second-order valence-electron chi connectivity index (χ2n) is 4.59. The van der Waals surface area contributed by atoms with Crippen molar-refractivity contribution in [2.45, 2.75) is 20.8 Å². The number of aryl methyl sites for hydroxylation is 3. The number of para-hydroxylation sites is 1. The molecule has 0 radical (unpaired) electrons. The lowest BCUT2D eigenvalue weighted by Crippen LogP contribution is -1.99. The van der Waals surface area contributed by atoms with Crippen molar-refractivity contribution >= 4 is 33.0 Å². The van der Waals surface area contributed by atoms with Crippen molar-refractivity contribution < 1.29 is 0 Å². The lowest BCUT2D eigenvalue weighted by atomic mass is 10.1. The van der Waals surface area contributed by atoms with Gasteiger partial charge < -0.3 is 11.1 Å². The zero-order valence-electron chi connectivity index (χ0n) is 10.8. The van der Waals surface area contributed by atoms with E-state index in [-0.39, 0.29) is 0 Å². The molecule has 94 valence electrons. The highest BCUT2D eigenvalue weighted by atomic mass is 79.9. The molecule has 0 heterocycles. The van der Waals surface area contributed by atoms with Gasteiger partial charge in [0.2, 0.25) is 0 Å². The number of rotatable bonds is 2. The number of halogens is 1. The predicted octanol–water partition coefficient (Wildman–Crippen LogP) is 4.70. The molecule has 0 aliphatic heterocycles. The smallest absolute Gasteiger partial charge is 0.0620 e. The Morgan fingerprint density at radius 2 is 1.61 bits per heavy atom. The van der Waals surface area contributed by atoms with Gasteiger partial charge in [-0.15, -0.1) is 0 Å². The van der Waals surface area contributed by atoms with Gasteiger partial charge in [0.25, 0.3) is 0 Å². The maximum absolute atomic E-state index is 6.06. The van der Waals surface area contributed by atoms with Crippen LogP contribution in [0.25, 0.3) is 0 Å². The molecule has 0 amide bonds. The number of benzene rings is 2. The van der Waals surface area contributed by atoms with Crippen molar-refractivity contribution in [2.24, 2.45) is 0 Å². The van der Waals surface area contributed by atoms with Gasteiger partial charge in [0.05, 0.1) is 11.4 Å². The standard InChI is InChI=1S/C15H17BrN2/c1-9-5-4-6-13(15(9)17)18-12-7-10(2)14(16)11(3)8-12/h4-8,18H,17H2,1-3H3. The van der Waals surface area contributed by atoms with Crippen LogP contribution in [-0.2, 0) is 0 Å². The minimum atomic E-state index is 0.802. The van der Waals surface area contributed by atoms with E-state index < -0.39 is 0 Å². The van der Waals surface area contributed by atoms with Gasteiger partial charge in [0.1, 0.15) is 0 Å². The fourth-order valence-corrected chi connectivity index (χ4v) is 2.19. The van der Waals surface area contributed by atoms with Crippen LogP contribution in [0.2, 0.25) is 0 Å². The summed E-state index contributed by atoms with van der Waals surface area (Å²) in [5, 5.41) is 3.38. The largest absolute Gasteiger partial charge is 0.397 e. The Morgan fingerprint density at radius 3 is 2.22 bits per heavy atom. The summed E-state index contributed by atoms with van der Waals surface area (Å²) in [6.45, 7) is 6.18. The molecule has 2 rings (SSSR count). The summed E-state index contributed by atoms with van der Waals surface area (Å²) >= 11 is 3.57. The van der Waals surface area contributed by atoms with E-state index in [0.29, 0.717) is 0 Å². The van der Waals surface area contributed by atoms with Crippen LogP contribution in [0.4, 0.5) is 17.1 Å². The van der Waals surface area contributed by atoms with Crippen LogP contribution in [0.5, 0.6) is 0 Å². The zero-order valence-corrected chi connectivity index (χ0v) is 12.4. The highest BCUT2D eigenvalue weighted by molar-refractivity contribution is 9.10. The highest BCUT2D eigenvalue weighted by Crippen LogP contribution is 2.29. The molecule has 3 N–H and O–H groups in total. The Morgan fingerprint density at radius 1 is 1.00 bits per heavy atom. The minimum Gasteiger partial charge on any atom is -0.397 e. The summed E-state index contributed by atoms with van der Waals surface area (Å²) < 4.78 is 1.16. The molecule has 0 bridgehead atoms. The number of hydrogen-bond acceptors (Lipinski definition) is 2. The molecule has 3 heteroatoms. The fourth-order valence-electron chi connectivity index (χ4n) is 1.96. The molecule has 0 fully saturated rings. The Hall–Kier alpha value is -1.48. The molecule has 0 spiro atoms. The topological polar surface area (TPSA) is 38.0 Å². The summed E-state index contributed by atoms with van der Waals surface area (Å²) in [5.74, 6) is 0. The van der Waals surface area contributed by atoms with Crippen LogP contribution >= 0.6 is 15.9 Å². The first-order chi connectivity index (χ1) is 8.49. The normalized spacial score (nSPS) is 10.4. The molecule has 0 aliphatic rings. The van der Waals surface area contributed by atoms with Gasteiger partial charge >= 0.3 is 0 Å². The zero-order chi connectivity index (χ0) is 13.3. The van der Waals surface area contributed by atoms with Gasteiger partial charge in [-0.2, -0.15) is 0 Å². The summed E-state index contributed by atoms with van der Waals surface area (Å²) in [7, 11) is 0. The highest BCUT2D eigenvalue weighted by Gasteiger charge is 2.05. The van der Waals surface area contributed by atoms with E-state index in [1.165, 1.54) is 11.1 Å². The summed E-state index contributed by atoms with van der Waals surface area (Å²) in [4.78, 5) is 0. The molecule has 2 nitrogen and oxygen atoms in total. The van der Waals surface area contributed by atoms with Gasteiger partial charge in [0.15, 0.2) is 0 Å². The molecule has 0 saturated carbocycles. The van der Waals surface area contributed by atoms with Crippen LogP contribution in [-0.4, -0.2) is 0 Å². The van der Waals surface area contributed by atoms with Crippen molar-refractivity contribution in [3.63, 3.8) is 0 Å². The van der Waals surface area contributed by atoms with Crippen molar-refractivity contribution in [1.29, 1.82) is 0 Å². The Labute approximate surface area is 116 Å². The SMILES string of the molecule is Cc1cccc(Nc2cc(C)c(Br)c(C)c2)c1N. The minimum absolute atomic E-state index is 0.802. The summed E-state index contributed by atoms with van der Waals surface area (Å²) in [6.07, 6.45) is 0. The third-order valence-corrected chi connectivity index (χ3v) is 4.29. The first-order valence-electron chi connectivity index (χ1n) is 5.88. The van der Waals surface area contributed by atoms with Gasteiger partial charge in [0, 0.05) is 10.2 Å². The molecule has 2 aromatic carbocycles. The van der Waals surface area contributed by atoms with Gasteiger partial charge in [-0.25, -0.2) is 0 Å². The molecule has 2 aromatic rings. The average Bonchev–Trinajstić information content (AvgIpc) is 2.32. The maximum Gasteiger partial charge on any atom is 0.0620 e. The van der Waals surface area contributed by atoms with E-state index >= 15 is 0 Å². The molecule has 0 atom stereocenters. The molecule has 0 saturated heterocycles. The average molecular weight is 305 g/mol. The van der Waals surface area contributed by atoms with E-state index in [2.05, 4.69) is 47.2 Å². The van der Waals surface area contributed by atoms with Crippen molar-refractivity contribution in [3.05, 3.63) is 51.5 Å². The molecule has 18 heavy (non-hydrogen) atoms. The van der Waals surface area contributed by atoms with Crippen molar-refractivity contribution in [3.8, 4) is 0 Å². The quantitative estimate of drug-likeness (QED) is 0.789. The third-order valence-electron chi connectivity index (χ3n) is 3.04. The molecule has 0 unspecified atom stereocenters. The van der Waals surface area contributed by atoms with E-state index in [4.69, 9.17) is 5.73 Å². The van der Waals surface area contributed by atoms with E-state index in [9.17, 15) is 0 Å². The number of nitrogens with one attached hydrogen (secondary N) is 1. The van der Waals surface area contributed by atoms with E-state index in [0.717, 1.165) is 27.1 Å². The molecule has 0 aliphatic carbocycles. The molecular weight excluding hydrogens is 288 g/mol. The van der Waals surface area contributed by atoms with Crippen LogP contribution in [0.3, 0.4) is 0 Å². The number of nitrogens with two attached hydrogens (primary N) is 1. The maximum atomic E-state index is 6.06. The van der Waals surface area contributed by atoms with Crippen molar-refractivity contribution in [2.75, 3.05) is 11.1 Å². The molecular formula is C15H17BrN2. The lowest BCUT2D eigenvalue weighted by Gasteiger charge is -2.13. The third kappa shape index (κ3) is 2.51. The van der Waals surface area contributed by atoms with Crippen LogP contribution in [0.15, 0.2) is 34.8 Å². The monoisotopic (exact) mass is 304 g/mol.